The van der Waals surface area contributed by atoms with Crippen LogP contribution < -0.4 is 4.74 Å². The molecule has 0 fully saturated rings. The summed E-state index contributed by atoms with van der Waals surface area (Å²) in [5.41, 5.74) is 3.14. The molecule has 0 radical (unpaired) electrons. The minimum Gasteiger partial charge on any atom is -0.497 e. The van der Waals surface area contributed by atoms with Crippen LogP contribution in [0.5, 0.6) is 5.75 Å². The van der Waals surface area contributed by atoms with Crippen LogP contribution >= 0.6 is 0 Å². The van der Waals surface area contributed by atoms with Gasteiger partial charge in [-0.15, -0.1) is 0 Å². The Bertz CT molecular complexity index is 1210. The van der Waals surface area contributed by atoms with Crippen LogP contribution in [0.3, 0.4) is 0 Å². The average molecular weight is 465 g/mol. The highest BCUT2D eigenvalue weighted by molar-refractivity contribution is 7.89. The van der Waals surface area contributed by atoms with E-state index in [0.29, 0.717) is 18.8 Å². The number of carbonyl (C=O) groups is 1. The number of hydrogen-bond acceptors (Lipinski definition) is 4. The summed E-state index contributed by atoms with van der Waals surface area (Å²) in [6.07, 6.45) is 0.852. The minimum absolute atomic E-state index is 0.0526. The van der Waals surface area contributed by atoms with E-state index in [9.17, 15) is 13.2 Å². The molecule has 172 valence electrons. The molecule has 0 saturated carbocycles. The first-order valence-electron chi connectivity index (χ1n) is 10.9. The van der Waals surface area contributed by atoms with E-state index in [-0.39, 0.29) is 17.2 Å². The topological polar surface area (TPSA) is 66.9 Å². The number of hydrogen-bond donors (Lipinski definition) is 0. The molecule has 0 N–H and O–H groups in total. The lowest BCUT2D eigenvalue weighted by molar-refractivity contribution is -0.133. The Kier molecular flexibility index (Phi) is 6.81. The molecule has 1 aliphatic heterocycles. The molecule has 0 bridgehead atoms. The Morgan fingerprint density at radius 1 is 0.970 bits per heavy atom. The minimum atomic E-state index is -3.80. The Balaban J connectivity index is 1.62. The molecule has 1 amide bonds. The number of amides is 1. The van der Waals surface area contributed by atoms with Crippen molar-refractivity contribution in [1.82, 2.24) is 9.21 Å². The van der Waals surface area contributed by atoms with Crippen LogP contribution in [0.4, 0.5) is 0 Å². The molecule has 0 spiro atoms. The van der Waals surface area contributed by atoms with E-state index >= 15 is 0 Å². The van der Waals surface area contributed by atoms with Crippen molar-refractivity contribution in [3.05, 3.63) is 95.6 Å². The maximum absolute atomic E-state index is 13.4. The SMILES string of the molecule is COc1ccc([C@H](CC(=O)N2CCc3ccccc3C2)N(C)S(=O)(=O)c2ccccc2)cc1. The summed E-state index contributed by atoms with van der Waals surface area (Å²) in [4.78, 5) is 15.4. The van der Waals surface area contributed by atoms with Crippen molar-refractivity contribution < 1.29 is 17.9 Å². The van der Waals surface area contributed by atoms with Crippen molar-refractivity contribution in [1.29, 1.82) is 0 Å². The van der Waals surface area contributed by atoms with Crippen LogP contribution in [0.25, 0.3) is 0 Å². The van der Waals surface area contributed by atoms with Crippen molar-refractivity contribution in [3.8, 4) is 5.75 Å². The average Bonchev–Trinajstić information content (AvgIpc) is 2.87. The van der Waals surface area contributed by atoms with Gasteiger partial charge in [-0.25, -0.2) is 8.42 Å². The van der Waals surface area contributed by atoms with Crippen LogP contribution in [0.1, 0.15) is 29.2 Å². The lowest BCUT2D eigenvalue weighted by Crippen LogP contribution is -2.39. The highest BCUT2D eigenvalue weighted by Crippen LogP contribution is 2.31. The van der Waals surface area contributed by atoms with Crippen LogP contribution in [0.2, 0.25) is 0 Å². The van der Waals surface area contributed by atoms with Gasteiger partial charge >= 0.3 is 0 Å². The zero-order chi connectivity index (χ0) is 23.4. The summed E-state index contributed by atoms with van der Waals surface area (Å²) in [5.74, 6) is 0.602. The molecule has 0 unspecified atom stereocenters. The van der Waals surface area contributed by atoms with Gasteiger partial charge in [0.2, 0.25) is 15.9 Å². The fourth-order valence-corrected chi connectivity index (χ4v) is 5.58. The Hall–Kier alpha value is -3.16. The predicted octanol–water partition coefficient (Wildman–Crippen LogP) is 4.03. The second kappa shape index (κ2) is 9.77. The summed E-state index contributed by atoms with van der Waals surface area (Å²) in [6.45, 7) is 1.17. The van der Waals surface area contributed by atoms with Crippen LogP contribution in [-0.2, 0) is 27.8 Å². The first-order valence-corrected chi connectivity index (χ1v) is 12.4. The first kappa shape index (κ1) is 23.0. The van der Waals surface area contributed by atoms with E-state index in [1.165, 1.54) is 16.9 Å². The molecule has 0 aromatic heterocycles. The zero-order valence-corrected chi connectivity index (χ0v) is 19.7. The third-order valence-electron chi connectivity index (χ3n) is 6.21. The summed E-state index contributed by atoms with van der Waals surface area (Å²) >= 11 is 0. The van der Waals surface area contributed by atoms with Gasteiger partial charge in [0.05, 0.1) is 18.0 Å². The largest absolute Gasteiger partial charge is 0.497 e. The second-order valence-electron chi connectivity index (χ2n) is 8.16. The van der Waals surface area contributed by atoms with Gasteiger partial charge in [-0.1, -0.05) is 54.6 Å². The van der Waals surface area contributed by atoms with E-state index in [2.05, 4.69) is 6.07 Å². The number of fused-ring (bicyclic) bond motifs is 1. The molecule has 1 atom stereocenters. The lowest BCUT2D eigenvalue weighted by atomic mass is 9.98. The number of ether oxygens (including phenoxy) is 1. The number of carbonyl (C=O) groups excluding carboxylic acids is 1. The van der Waals surface area contributed by atoms with E-state index in [0.717, 1.165) is 17.5 Å². The highest BCUT2D eigenvalue weighted by Gasteiger charge is 2.32. The molecule has 33 heavy (non-hydrogen) atoms. The van der Waals surface area contributed by atoms with Crippen molar-refractivity contribution in [2.24, 2.45) is 0 Å². The molecule has 3 aromatic rings. The third-order valence-corrected chi connectivity index (χ3v) is 8.09. The van der Waals surface area contributed by atoms with Crippen LogP contribution in [0, 0.1) is 0 Å². The Labute approximate surface area is 195 Å². The quantitative estimate of drug-likeness (QED) is 0.530. The molecular formula is C26H28N2O4S. The van der Waals surface area contributed by atoms with Crippen LogP contribution in [0.15, 0.2) is 83.8 Å². The first-order chi connectivity index (χ1) is 15.9. The summed E-state index contributed by atoms with van der Waals surface area (Å²) in [7, 11) is -0.678. The number of sulfonamides is 1. The van der Waals surface area contributed by atoms with Gasteiger partial charge < -0.3 is 9.64 Å². The summed E-state index contributed by atoms with van der Waals surface area (Å²) in [5, 5.41) is 0. The van der Waals surface area contributed by atoms with E-state index in [1.54, 1.807) is 49.6 Å². The molecule has 1 aliphatic rings. The van der Waals surface area contributed by atoms with Crippen molar-refractivity contribution in [2.45, 2.75) is 30.3 Å². The van der Waals surface area contributed by atoms with Crippen molar-refractivity contribution in [2.75, 3.05) is 20.7 Å². The monoisotopic (exact) mass is 464 g/mol. The highest BCUT2D eigenvalue weighted by atomic mass is 32.2. The fraction of sp³-hybridized carbons (Fsp3) is 0.269. The molecular weight excluding hydrogens is 436 g/mol. The van der Waals surface area contributed by atoms with Gasteiger partial charge in [0, 0.05) is 26.6 Å². The van der Waals surface area contributed by atoms with Gasteiger partial charge in [-0.3, -0.25) is 4.79 Å². The number of methoxy groups -OCH3 is 1. The number of rotatable bonds is 7. The molecule has 1 heterocycles. The maximum atomic E-state index is 13.4. The maximum Gasteiger partial charge on any atom is 0.243 e. The Morgan fingerprint density at radius 3 is 2.27 bits per heavy atom. The summed E-state index contributed by atoms with van der Waals surface area (Å²) < 4.78 is 33.3. The van der Waals surface area contributed by atoms with Crippen LogP contribution in [-0.4, -0.2) is 44.2 Å². The molecule has 0 aliphatic carbocycles. The van der Waals surface area contributed by atoms with Crippen molar-refractivity contribution >= 4 is 15.9 Å². The smallest absolute Gasteiger partial charge is 0.243 e. The van der Waals surface area contributed by atoms with Gasteiger partial charge in [0.25, 0.3) is 0 Å². The number of benzene rings is 3. The van der Waals surface area contributed by atoms with E-state index in [4.69, 9.17) is 4.74 Å². The third kappa shape index (κ3) is 4.94. The van der Waals surface area contributed by atoms with Gasteiger partial charge in [0.15, 0.2) is 0 Å². The van der Waals surface area contributed by atoms with Crippen molar-refractivity contribution in [3.63, 3.8) is 0 Å². The number of nitrogens with zero attached hydrogens (tertiary/aromatic N) is 2. The van der Waals surface area contributed by atoms with Gasteiger partial charge in [-0.05, 0) is 47.4 Å². The van der Waals surface area contributed by atoms with Gasteiger partial charge in [-0.2, -0.15) is 4.31 Å². The fourth-order valence-electron chi connectivity index (χ4n) is 4.21. The second-order valence-corrected chi connectivity index (χ2v) is 10.2. The molecule has 4 rings (SSSR count). The van der Waals surface area contributed by atoms with E-state index in [1.807, 2.05) is 35.2 Å². The van der Waals surface area contributed by atoms with E-state index < -0.39 is 16.1 Å². The lowest BCUT2D eigenvalue weighted by Gasteiger charge is -2.33. The normalized spacial score (nSPS) is 14.6. The summed E-state index contributed by atoms with van der Waals surface area (Å²) in [6, 6.07) is 23.0. The predicted molar refractivity (Wildman–Crippen MR) is 127 cm³/mol. The standard InChI is InChI=1S/C26H28N2O4S/c1-27(33(30,31)24-10-4-3-5-11-24)25(21-12-14-23(32-2)15-13-21)18-26(29)28-17-16-20-8-6-7-9-22(20)19-28/h3-15,25H,16-19H2,1-2H3/t25-/m0/s1. The zero-order valence-electron chi connectivity index (χ0n) is 18.8. The molecule has 0 saturated heterocycles. The Morgan fingerprint density at radius 2 is 1.61 bits per heavy atom. The van der Waals surface area contributed by atoms with Gasteiger partial charge in [0.1, 0.15) is 5.75 Å². The molecule has 7 heteroatoms. The molecule has 3 aromatic carbocycles. The molecule has 6 nitrogen and oxygen atoms in total.